The van der Waals surface area contributed by atoms with Crippen LogP contribution in [0.5, 0.6) is 5.75 Å². The van der Waals surface area contributed by atoms with Gasteiger partial charge >= 0.3 is 0 Å². The van der Waals surface area contributed by atoms with Gasteiger partial charge in [0.2, 0.25) is 0 Å². The maximum absolute atomic E-state index is 5.70. The van der Waals surface area contributed by atoms with E-state index in [2.05, 4.69) is 39.4 Å². The molecule has 1 fully saturated rings. The number of halogens is 1. The molecule has 1 saturated heterocycles. The number of para-hydroxylation sites is 1. The Hall–Kier alpha value is -1.06. The van der Waals surface area contributed by atoms with E-state index in [-0.39, 0.29) is 24.0 Å². The molecule has 7 heteroatoms. The Morgan fingerprint density at radius 3 is 2.52 bits per heavy atom. The Morgan fingerprint density at radius 1 is 1.07 bits per heavy atom. The largest absolute Gasteiger partial charge is 0.492 e. The van der Waals surface area contributed by atoms with Gasteiger partial charge in [-0.3, -0.25) is 4.99 Å². The third-order valence-corrected chi connectivity index (χ3v) is 4.50. The van der Waals surface area contributed by atoms with Crippen molar-refractivity contribution in [2.45, 2.75) is 19.8 Å². The van der Waals surface area contributed by atoms with E-state index >= 15 is 0 Å². The van der Waals surface area contributed by atoms with E-state index in [1.807, 2.05) is 30.3 Å². The molecule has 2 rings (SSSR count). The van der Waals surface area contributed by atoms with Crippen LogP contribution in [0.1, 0.15) is 19.8 Å². The fourth-order valence-electron chi connectivity index (χ4n) is 2.91. The van der Waals surface area contributed by atoms with Crippen molar-refractivity contribution >= 4 is 29.9 Å². The molecule has 1 heterocycles. The number of aliphatic imine (C=N–C) groups is 1. The molecule has 154 valence electrons. The summed E-state index contributed by atoms with van der Waals surface area (Å²) < 4.78 is 5.70. The third kappa shape index (κ3) is 10.8. The summed E-state index contributed by atoms with van der Waals surface area (Å²) in [6, 6.07) is 9.90. The summed E-state index contributed by atoms with van der Waals surface area (Å²) >= 11 is 0. The number of unbranched alkanes of at least 4 members (excludes halogenated alkanes) is 1. The van der Waals surface area contributed by atoms with Crippen LogP contribution in [0.4, 0.5) is 0 Å². The Balaban J connectivity index is 0.00000364. The smallest absolute Gasteiger partial charge is 0.191 e. The molecular formula is C20H36IN5O. The molecule has 0 saturated carbocycles. The van der Waals surface area contributed by atoms with Gasteiger partial charge in [0.15, 0.2) is 5.96 Å². The van der Waals surface area contributed by atoms with Crippen molar-refractivity contribution in [3.63, 3.8) is 0 Å². The molecule has 0 aliphatic carbocycles. The normalized spacial score (nSPS) is 15.9. The molecule has 0 amide bonds. The molecule has 6 nitrogen and oxygen atoms in total. The Kier molecular flexibility index (Phi) is 13.3. The van der Waals surface area contributed by atoms with Crippen LogP contribution in [0.15, 0.2) is 35.3 Å². The Bertz CT molecular complexity index is 506. The van der Waals surface area contributed by atoms with Crippen LogP contribution < -0.4 is 15.4 Å². The summed E-state index contributed by atoms with van der Waals surface area (Å²) in [7, 11) is 2.20. The number of nitrogens with zero attached hydrogens (tertiary/aromatic N) is 3. The van der Waals surface area contributed by atoms with Crippen LogP contribution in [-0.4, -0.2) is 81.8 Å². The lowest BCUT2D eigenvalue weighted by atomic mass is 10.2. The monoisotopic (exact) mass is 489 g/mol. The lowest BCUT2D eigenvalue weighted by molar-refractivity contribution is 0.152. The SMILES string of the molecule is CCNC(=NCCCCN1CCN(C)CC1)NCCOc1ccccc1.I. The van der Waals surface area contributed by atoms with Gasteiger partial charge in [-0.05, 0) is 45.5 Å². The number of piperazine rings is 1. The Morgan fingerprint density at radius 2 is 1.81 bits per heavy atom. The number of hydrogen-bond acceptors (Lipinski definition) is 4. The highest BCUT2D eigenvalue weighted by atomic mass is 127. The molecule has 27 heavy (non-hydrogen) atoms. The molecular weight excluding hydrogens is 453 g/mol. The number of benzene rings is 1. The van der Waals surface area contributed by atoms with Gasteiger partial charge in [0.25, 0.3) is 0 Å². The van der Waals surface area contributed by atoms with Crippen molar-refractivity contribution in [3.8, 4) is 5.75 Å². The second-order valence-corrected chi connectivity index (χ2v) is 6.70. The van der Waals surface area contributed by atoms with Gasteiger partial charge in [0, 0.05) is 39.3 Å². The van der Waals surface area contributed by atoms with E-state index in [0.29, 0.717) is 6.61 Å². The van der Waals surface area contributed by atoms with Gasteiger partial charge < -0.3 is 25.2 Å². The molecule has 0 spiro atoms. The van der Waals surface area contributed by atoms with Crippen molar-refractivity contribution in [2.24, 2.45) is 4.99 Å². The van der Waals surface area contributed by atoms with Crippen molar-refractivity contribution in [2.75, 3.05) is 66.0 Å². The van der Waals surface area contributed by atoms with Crippen LogP contribution in [0.25, 0.3) is 0 Å². The second-order valence-electron chi connectivity index (χ2n) is 6.70. The predicted molar refractivity (Wildman–Crippen MR) is 125 cm³/mol. The first-order chi connectivity index (χ1) is 12.8. The molecule has 1 aromatic rings. The van der Waals surface area contributed by atoms with Gasteiger partial charge in [0.05, 0.1) is 6.54 Å². The summed E-state index contributed by atoms with van der Waals surface area (Å²) in [4.78, 5) is 9.63. The highest BCUT2D eigenvalue weighted by molar-refractivity contribution is 14.0. The molecule has 1 aromatic carbocycles. The molecule has 0 unspecified atom stereocenters. The third-order valence-electron chi connectivity index (χ3n) is 4.50. The topological polar surface area (TPSA) is 52.1 Å². The molecule has 0 bridgehead atoms. The van der Waals surface area contributed by atoms with Crippen molar-refractivity contribution in [3.05, 3.63) is 30.3 Å². The zero-order valence-corrected chi connectivity index (χ0v) is 19.2. The highest BCUT2D eigenvalue weighted by Crippen LogP contribution is 2.07. The number of hydrogen-bond donors (Lipinski definition) is 2. The minimum atomic E-state index is 0. The zero-order chi connectivity index (χ0) is 18.5. The first-order valence-corrected chi connectivity index (χ1v) is 9.89. The van der Waals surface area contributed by atoms with Crippen molar-refractivity contribution < 1.29 is 4.74 Å². The molecule has 1 aliphatic heterocycles. The fourth-order valence-corrected chi connectivity index (χ4v) is 2.91. The number of guanidine groups is 1. The molecule has 0 atom stereocenters. The lowest BCUT2D eigenvalue weighted by Crippen LogP contribution is -2.44. The summed E-state index contributed by atoms with van der Waals surface area (Å²) in [5.41, 5.74) is 0. The molecule has 0 radical (unpaired) electrons. The minimum absolute atomic E-state index is 0. The molecule has 0 aromatic heterocycles. The van der Waals surface area contributed by atoms with Gasteiger partial charge in [-0.2, -0.15) is 0 Å². The average molecular weight is 489 g/mol. The number of likely N-dealkylation sites (N-methyl/N-ethyl adjacent to an activating group) is 1. The second kappa shape index (κ2) is 14.9. The van der Waals surface area contributed by atoms with E-state index in [4.69, 9.17) is 4.74 Å². The number of rotatable bonds is 10. The maximum atomic E-state index is 5.70. The summed E-state index contributed by atoms with van der Waals surface area (Å²) in [5.74, 6) is 1.78. The van der Waals surface area contributed by atoms with Gasteiger partial charge in [0.1, 0.15) is 12.4 Å². The van der Waals surface area contributed by atoms with Gasteiger partial charge in [-0.1, -0.05) is 18.2 Å². The Labute approximate surface area is 181 Å². The summed E-state index contributed by atoms with van der Waals surface area (Å²) in [5, 5.41) is 6.63. The van der Waals surface area contributed by atoms with Crippen LogP contribution in [0.2, 0.25) is 0 Å². The molecule has 1 aliphatic rings. The number of nitrogens with one attached hydrogen (secondary N) is 2. The average Bonchev–Trinajstić information content (AvgIpc) is 2.67. The standard InChI is InChI=1S/C20H35N5O.HI/c1-3-21-20(23-12-18-26-19-9-5-4-6-10-19)22-11-7-8-13-25-16-14-24(2)15-17-25;/h4-6,9-10H,3,7-8,11-18H2,1-2H3,(H2,21,22,23);1H. The molecule has 2 N–H and O–H groups in total. The van der Waals surface area contributed by atoms with Crippen LogP contribution >= 0.6 is 24.0 Å². The first-order valence-electron chi connectivity index (χ1n) is 9.89. The quantitative estimate of drug-likeness (QED) is 0.229. The van der Waals surface area contributed by atoms with Gasteiger partial charge in [-0.25, -0.2) is 0 Å². The summed E-state index contributed by atoms with van der Waals surface area (Å²) in [6.07, 6.45) is 2.34. The van der Waals surface area contributed by atoms with E-state index < -0.39 is 0 Å². The van der Waals surface area contributed by atoms with Crippen LogP contribution in [0.3, 0.4) is 0 Å². The minimum Gasteiger partial charge on any atom is -0.492 e. The summed E-state index contributed by atoms with van der Waals surface area (Å²) in [6.45, 7) is 11.2. The van der Waals surface area contributed by atoms with Crippen LogP contribution in [0, 0.1) is 0 Å². The first kappa shape index (κ1) is 24.0. The highest BCUT2D eigenvalue weighted by Gasteiger charge is 2.12. The number of ether oxygens (including phenoxy) is 1. The predicted octanol–water partition coefficient (Wildman–Crippen LogP) is 2.27. The lowest BCUT2D eigenvalue weighted by Gasteiger charge is -2.32. The van der Waals surface area contributed by atoms with Crippen molar-refractivity contribution in [1.82, 2.24) is 20.4 Å². The zero-order valence-electron chi connectivity index (χ0n) is 16.8. The maximum Gasteiger partial charge on any atom is 0.191 e. The fraction of sp³-hybridized carbons (Fsp3) is 0.650. The van der Waals surface area contributed by atoms with E-state index in [9.17, 15) is 0 Å². The van der Waals surface area contributed by atoms with Gasteiger partial charge in [-0.15, -0.1) is 24.0 Å². The van der Waals surface area contributed by atoms with E-state index in [1.165, 1.54) is 39.1 Å². The van der Waals surface area contributed by atoms with Crippen LogP contribution in [-0.2, 0) is 0 Å². The van der Waals surface area contributed by atoms with Crippen molar-refractivity contribution in [1.29, 1.82) is 0 Å². The van der Waals surface area contributed by atoms with E-state index in [0.717, 1.165) is 37.8 Å². The van der Waals surface area contributed by atoms with E-state index in [1.54, 1.807) is 0 Å².